The maximum absolute atomic E-state index is 11.3. The summed E-state index contributed by atoms with van der Waals surface area (Å²) in [6, 6.07) is 10.1. The molecular weight excluding hydrogens is 266 g/mol. The van der Waals surface area contributed by atoms with Crippen molar-refractivity contribution >= 4 is 5.97 Å². The molecule has 1 heterocycles. The van der Waals surface area contributed by atoms with E-state index in [0.717, 1.165) is 24.0 Å². The Kier molecular flexibility index (Phi) is 3.51. The highest BCUT2D eigenvalue weighted by atomic mass is 16.4. The number of benzene rings is 1. The molecule has 3 rings (SSSR count). The summed E-state index contributed by atoms with van der Waals surface area (Å²) in [4.78, 5) is 11.3. The molecule has 3 N–H and O–H groups in total. The molecule has 110 valence electrons. The van der Waals surface area contributed by atoms with E-state index in [4.69, 9.17) is 5.73 Å². The molecular formula is C16H19N3O2. The van der Waals surface area contributed by atoms with E-state index in [-0.39, 0.29) is 6.04 Å². The van der Waals surface area contributed by atoms with Gasteiger partial charge in [0.15, 0.2) is 0 Å². The van der Waals surface area contributed by atoms with Crippen molar-refractivity contribution in [3.05, 3.63) is 42.7 Å². The van der Waals surface area contributed by atoms with Gasteiger partial charge in [0.2, 0.25) is 0 Å². The lowest BCUT2D eigenvalue weighted by molar-refractivity contribution is -0.145. The SMILES string of the molecule is NC1(C(=O)O)CCCC(n2cc(-c3ccccc3)cn2)C1. The van der Waals surface area contributed by atoms with Gasteiger partial charge in [0.1, 0.15) is 5.54 Å². The lowest BCUT2D eigenvalue weighted by atomic mass is 9.80. The summed E-state index contributed by atoms with van der Waals surface area (Å²) in [6.07, 6.45) is 6.50. The van der Waals surface area contributed by atoms with Crippen LogP contribution in [0.15, 0.2) is 42.7 Å². The van der Waals surface area contributed by atoms with Crippen LogP contribution in [0.5, 0.6) is 0 Å². The number of hydrogen-bond donors (Lipinski definition) is 2. The minimum absolute atomic E-state index is 0.0531. The fourth-order valence-corrected chi connectivity index (χ4v) is 3.02. The van der Waals surface area contributed by atoms with E-state index in [0.29, 0.717) is 12.8 Å². The Labute approximate surface area is 123 Å². The molecule has 21 heavy (non-hydrogen) atoms. The van der Waals surface area contributed by atoms with Gasteiger partial charge in [0.25, 0.3) is 0 Å². The van der Waals surface area contributed by atoms with E-state index in [1.165, 1.54) is 0 Å². The van der Waals surface area contributed by atoms with Crippen LogP contribution in [-0.4, -0.2) is 26.4 Å². The first-order valence-corrected chi connectivity index (χ1v) is 7.20. The number of aliphatic carboxylic acids is 1. The zero-order valence-corrected chi connectivity index (χ0v) is 11.8. The molecule has 2 unspecified atom stereocenters. The summed E-state index contributed by atoms with van der Waals surface area (Å²) in [7, 11) is 0. The number of aromatic nitrogens is 2. The Hall–Kier alpha value is -2.14. The third-order valence-corrected chi connectivity index (χ3v) is 4.27. The van der Waals surface area contributed by atoms with Crippen molar-refractivity contribution in [3.63, 3.8) is 0 Å². The number of hydrogen-bond acceptors (Lipinski definition) is 3. The van der Waals surface area contributed by atoms with Crippen molar-refractivity contribution in [1.29, 1.82) is 0 Å². The van der Waals surface area contributed by atoms with Gasteiger partial charge in [-0.15, -0.1) is 0 Å². The van der Waals surface area contributed by atoms with E-state index >= 15 is 0 Å². The molecule has 1 saturated carbocycles. The Morgan fingerprint density at radius 3 is 2.81 bits per heavy atom. The van der Waals surface area contributed by atoms with E-state index in [9.17, 15) is 9.90 Å². The number of carboxylic acid groups (broad SMARTS) is 1. The van der Waals surface area contributed by atoms with Crippen molar-refractivity contribution in [2.45, 2.75) is 37.3 Å². The molecule has 0 aliphatic heterocycles. The van der Waals surface area contributed by atoms with Crippen LogP contribution in [0.2, 0.25) is 0 Å². The molecule has 2 atom stereocenters. The Bertz CT molecular complexity index is 638. The fourth-order valence-electron chi connectivity index (χ4n) is 3.02. The molecule has 5 nitrogen and oxygen atoms in total. The van der Waals surface area contributed by atoms with E-state index in [2.05, 4.69) is 5.10 Å². The third kappa shape index (κ3) is 2.69. The first kappa shape index (κ1) is 13.8. The number of carbonyl (C=O) groups is 1. The van der Waals surface area contributed by atoms with Crippen LogP contribution in [0.1, 0.15) is 31.7 Å². The normalized spacial score (nSPS) is 25.7. The van der Waals surface area contributed by atoms with Gasteiger partial charge >= 0.3 is 5.97 Å². The lowest BCUT2D eigenvalue weighted by Gasteiger charge is -2.34. The standard InChI is InChI=1S/C16H19N3O2/c17-16(15(20)21)8-4-7-14(9-16)19-11-13(10-18-19)12-5-2-1-3-6-12/h1-3,5-6,10-11,14H,4,7-9,17H2,(H,20,21). The van der Waals surface area contributed by atoms with Gasteiger partial charge < -0.3 is 10.8 Å². The van der Waals surface area contributed by atoms with Crippen molar-refractivity contribution in [3.8, 4) is 11.1 Å². The van der Waals surface area contributed by atoms with Crippen LogP contribution < -0.4 is 5.73 Å². The molecule has 0 bridgehead atoms. The van der Waals surface area contributed by atoms with Crippen LogP contribution >= 0.6 is 0 Å². The number of carboxylic acids is 1. The maximum Gasteiger partial charge on any atom is 0.323 e. The van der Waals surface area contributed by atoms with Gasteiger partial charge in [0.05, 0.1) is 12.2 Å². The van der Waals surface area contributed by atoms with Gasteiger partial charge in [-0.25, -0.2) is 0 Å². The predicted octanol–water partition coefficient (Wildman–Crippen LogP) is 2.45. The van der Waals surface area contributed by atoms with Crippen LogP contribution in [0.4, 0.5) is 0 Å². The monoisotopic (exact) mass is 285 g/mol. The number of nitrogens with two attached hydrogens (primary N) is 1. The number of nitrogens with zero attached hydrogens (tertiary/aromatic N) is 2. The minimum Gasteiger partial charge on any atom is -0.480 e. The molecule has 1 fully saturated rings. The van der Waals surface area contributed by atoms with Crippen molar-refractivity contribution in [2.24, 2.45) is 5.73 Å². The second-order valence-corrected chi connectivity index (χ2v) is 5.79. The molecule has 1 aliphatic rings. The highest BCUT2D eigenvalue weighted by Crippen LogP contribution is 2.34. The van der Waals surface area contributed by atoms with Gasteiger partial charge in [-0.3, -0.25) is 9.48 Å². The summed E-state index contributed by atoms with van der Waals surface area (Å²) in [6.45, 7) is 0. The molecule has 1 aromatic heterocycles. The van der Waals surface area contributed by atoms with Crippen LogP contribution in [0.25, 0.3) is 11.1 Å². The van der Waals surface area contributed by atoms with Gasteiger partial charge in [0, 0.05) is 11.8 Å². The predicted molar refractivity (Wildman–Crippen MR) is 79.7 cm³/mol. The average Bonchev–Trinajstić information content (AvgIpc) is 2.98. The summed E-state index contributed by atoms with van der Waals surface area (Å²) in [5, 5.41) is 13.7. The fraction of sp³-hybridized carbons (Fsp3) is 0.375. The maximum atomic E-state index is 11.3. The molecule has 0 saturated heterocycles. The zero-order valence-electron chi connectivity index (χ0n) is 11.8. The topological polar surface area (TPSA) is 81.1 Å². The van der Waals surface area contributed by atoms with Crippen molar-refractivity contribution < 1.29 is 9.90 Å². The summed E-state index contributed by atoms with van der Waals surface area (Å²) < 4.78 is 1.87. The molecule has 2 aromatic rings. The van der Waals surface area contributed by atoms with Crippen LogP contribution in [0.3, 0.4) is 0 Å². The summed E-state index contributed by atoms with van der Waals surface area (Å²) in [5.41, 5.74) is 7.03. The van der Waals surface area contributed by atoms with Gasteiger partial charge in [-0.05, 0) is 31.2 Å². The van der Waals surface area contributed by atoms with Gasteiger partial charge in [-0.1, -0.05) is 30.3 Å². The van der Waals surface area contributed by atoms with Crippen LogP contribution in [-0.2, 0) is 4.79 Å². The summed E-state index contributed by atoms with van der Waals surface area (Å²) >= 11 is 0. The Morgan fingerprint density at radius 1 is 1.33 bits per heavy atom. The van der Waals surface area contributed by atoms with Gasteiger partial charge in [-0.2, -0.15) is 5.10 Å². The quantitative estimate of drug-likeness (QED) is 0.907. The minimum atomic E-state index is -1.12. The summed E-state index contributed by atoms with van der Waals surface area (Å²) in [5.74, 6) is -0.914. The first-order chi connectivity index (χ1) is 10.1. The third-order valence-electron chi connectivity index (χ3n) is 4.27. The smallest absolute Gasteiger partial charge is 0.323 e. The van der Waals surface area contributed by atoms with Crippen LogP contribution in [0, 0.1) is 0 Å². The molecule has 0 spiro atoms. The molecule has 1 aliphatic carbocycles. The highest BCUT2D eigenvalue weighted by Gasteiger charge is 2.40. The molecule has 0 radical (unpaired) electrons. The average molecular weight is 285 g/mol. The highest BCUT2D eigenvalue weighted by molar-refractivity contribution is 5.78. The Morgan fingerprint density at radius 2 is 2.10 bits per heavy atom. The lowest BCUT2D eigenvalue weighted by Crippen LogP contribution is -2.51. The zero-order chi connectivity index (χ0) is 14.9. The Balaban J connectivity index is 1.82. The van der Waals surface area contributed by atoms with Crippen molar-refractivity contribution in [2.75, 3.05) is 0 Å². The second-order valence-electron chi connectivity index (χ2n) is 5.79. The molecule has 1 aromatic carbocycles. The van der Waals surface area contributed by atoms with Crippen molar-refractivity contribution in [1.82, 2.24) is 9.78 Å². The second kappa shape index (κ2) is 5.33. The molecule has 0 amide bonds. The number of rotatable bonds is 3. The largest absolute Gasteiger partial charge is 0.480 e. The first-order valence-electron chi connectivity index (χ1n) is 7.20. The van der Waals surface area contributed by atoms with E-state index in [1.54, 1.807) is 0 Å². The molecule has 5 heteroatoms. The van der Waals surface area contributed by atoms with E-state index in [1.807, 2.05) is 47.4 Å². The van der Waals surface area contributed by atoms with E-state index < -0.39 is 11.5 Å².